The number of halogens is 1. The van der Waals surface area contributed by atoms with Gasteiger partial charge in [-0.1, -0.05) is 0 Å². The van der Waals surface area contributed by atoms with E-state index >= 15 is 0 Å². The molecule has 3 unspecified atom stereocenters. The van der Waals surface area contributed by atoms with Crippen LogP contribution in [0.3, 0.4) is 0 Å². The summed E-state index contributed by atoms with van der Waals surface area (Å²) in [7, 11) is 1.46. The van der Waals surface area contributed by atoms with Crippen LogP contribution in [0.5, 0.6) is 11.5 Å². The zero-order valence-electron chi connectivity index (χ0n) is 24.2. The molecule has 1 aliphatic carbocycles. The van der Waals surface area contributed by atoms with Crippen LogP contribution in [0.4, 0.5) is 0 Å². The van der Waals surface area contributed by atoms with E-state index in [1.807, 2.05) is 36.4 Å². The summed E-state index contributed by atoms with van der Waals surface area (Å²) in [5.74, 6) is -0.0181. The van der Waals surface area contributed by atoms with Gasteiger partial charge in [-0.05, 0) is 80.0 Å². The van der Waals surface area contributed by atoms with Crippen LogP contribution < -0.4 is 14.8 Å². The van der Waals surface area contributed by atoms with Crippen molar-refractivity contribution in [3.63, 3.8) is 0 Å². The smallest absolute Gasteiger partial charge is 0.247 e. The zero-order chi connectivity index (χ0) is 30.5. The number of hydrogen-bond donors (Lipinski definition) is 4. The van der Waals surface area contributed by atoms with Crippen LogP contribution in [0.2, 0.25) is 0 Å². The Morgan fingerprint density at radius 2 is 1.90 bits per heavy atom. The molecule has 0 aliphatic heterocycles. The highest BCUT2D eigenvalue weighted by Crippen LogP contribution is 2.37. The number of hydrogen-bond acceptors (Lipinski definition) is 9. The van der Waals surface area contributed by atoms with E-state index in [9.17, 15) is 29.7 Å². The number of rotatable bonds is 17. The van der Waals surface area contributed by atoms with Crippen LogP contribution in [0, 0.1) is 3.57 Å². The largest absolute Gasteiger partial charge is 0.493 e. The molecule has 0 bridgehead atoms. The van der Waals surface area contributed by atoms with E-state index in [1.54, 1.807) is 17.0 Å². The first kappa shape index (κ1) is 34.9. The first-order valence-electron chi connectivity index (χ1n) is 13.8. The quantitative estimate of drug-likeness (QED) is 0.142. The topological polar surface area (TPSA) is 155 Å². The zero-order valence-corrected chi connectivity index (χ0v) is 26.4. The van der Waals surface area contributed by atoms with Crippen molar-refractivity contribution in [1.82, 2.24) is 10.2 Å². The van der Waals surface area contributed by atoms with Gasteiger partial charge >= 0.3 is 0 Å². The summed E-state index contributed by atoms with van der Waals surface area (Å²) in [6, 6.07) is 2.55. The maximum Gasteiger partial charge on any atom is 0.247 e. The van der Waals surface area contributed by atoms with Gasteiger partial charge in [-0.25, -0.2) is 0 Å². The third kappa shape index (κ3) is 10.8. The Kier molecular flexibility index (Phi) is 15.0. The summed E-state index contributed by atoms with van der Waals surface area (Å²) < 4.78 is 18.0. The van der Waals surface area contributed by atoms with Crippen LogP contribution in [0.1, 0.15) is 58.4 Å². The number of aliphatic hydroxyl groups is 3. The van der Waals surface area contributed by atoms with Gasteiger partial charge in [0.15, 0.2) is 11.5 Å². The SMILES string of the molecule is COc1cc(CO)cc(I)c1OC1C=C(C(=O)NCCO)CC(N(CCCOC(C)C)C(=O)CCCC(C)=O)C1O. The molecule has 0 radical (unpaired) electrons. The number of benzene rings is 1. The molecule has 1 aliphatic rings. The molecule has 230 valence electrons. The maximum absolute atomic E-state index is 13.5. The van der Waals surface area contributed by atoms with Crippen LogP contribution in [-0.2, 0) is 25.7 Å². The van der Waals surface area contributed by atoms with Crippen molar-refractivity contribution >= 4 is 40.2 Å². The molecule has 0 heterocycles. The van der Waals surface area contributed by atoms with Crippen molar-refractivity contribution < 1.29 is 43.9 Å². The van der Waals surface area contributed by atoms with E-state index in [-0.39, 0.29) is 63.4 Å². The fourth-order valence-electron chi connectivity index (χ4n) is 4.56. The Balaban J connectivity index is 2.44. The van der Waals surface area contributed by atoms with Crippen LogP contribution in [0.25, 0.3) is 0 Å². The number of methoxy groups -OCH3 is 1. The molecule has 0 saturated heterocycles. The number of carbonyl (C=O) groups is 3. The van der Waals surface area contributed by atoms with Crippen molar-refractivity contribution in [1.29, 1.82) is 0 Å². The summed E-state index contributed by atoms with van der Waals surface area (Å²) in [6.45, 7) is 5.60. The standard InChI is InChI=1S/C29H43IN2O9/c1-18(2)40-12-6-10-32(26(36)8-5-7-19(3)35)23-15-21(29(38)31-9-11-33)16-24(27(23)37)41-28-22(30)13-20(17-34)14-25(28)39-4/h13-14,16,18,23-24,27,33-34,37H,5-12,15,17H2,1-4H3,(H,31,38). The van der Waals surface area contributed by atoms with Crippen LogP contribution in [0.15, 0.2) is 23.8 Å². The van der Waals surface area contributed by atoms with Gasteiger partial charge in [0.05, 0.1) is 36.0 Å². The Bertz CT molecular complexity index is 1060. The first-order valence-corrected chi connectivity index (χ1v) is 14.9. The lowest BCUT2D eigenvalue weighted by Gasteiger charge is -2.41. The van der Waals surface area contributed by atoms with Gasteiger partial charge in [0, 0.05) is 44.5 Å². The highest BCUT2D eigenvalue weighted by molar-refractivity contribution is 14.1. The van der Waals surface area contributed by atoms with Gasteiger partial charge in [0.1, 0.15) is 18.0 Å². The average molecular weight is 691 g/mol. The average Bonchev–Trinajstić information content (AvgIpc) is 2.93. The Labute approximate surface area is 255 Å². The minimum absolute atomic E-state index is 0.0117. The lowest BCUT2D eigenvalue weighted by molar-refractivity contribution is -0.139. The molecule has 0 fully saturated rings. The molecule has 2 rings (SSSR count). The molecule has 41 heavy (non-hydrogen) atoms. The van der Waals surface area contributed by atoms with E-state index in [2.05, 4.69) is 5.32 Å². The lowest BCUT2D eigenvalue weighted by Crippen LogP contribution is -2.55. The Hall–Kier alpha value is -2.26. The summed E-state index contributed by atoms with van der Waals surface area (Å²) in [4.78, 5) is 39.5. The predicted molar refractivity (Wildman–Crippen MR) is 161 cm³/mol. The van der Waals surface area contributed by atoms with Crippen LogP contribution >= 0.6 is 22.6 Å². The number of ketones is 1. The third-order valence-corrected chi connectivity index (χ3v) is 7.38. The van der Waals surface area contributed by atoms with E-state index < -0.39 is 24.2 Å². The lowest BCUT2D eigenvalue weighted by atomic mass is 9.87. The third-order valence-electron chi connectivity index (χ3n) is 6.57. The summed E-state index contributed by atoms with van der Waals surface area (Å²) in [5.41, 5.74) is 0.922. The second-order valence-electron chi connectivity index (χ2n) is 10.2. The maximum atomic E-state index is 13.5. The van der Waals surface area contributed by atoms with Crippen LogP contribution in [-0.4, -0.2) is 95.6 Å². The monoisotopic (exact) mass is 690 g/mol. The summed E-state index contributed by atoms with van der Waals surface area (Å²) >= 11 is 2.04. The Morgan fingerprint density at radius 3 is 2.51 bits per heavy atom. The van der Waals surface area contributed by atoms with E-state index in [4.69, 9.17) is 14.2 Å². The molecular formula is C29H43IN2O9. The van der Waals surface area contributed by atoms with Gasteiger partial charge in [0.25, 0.3) is 0 Å². The number of Topliss-reactive ketones (excluding diaryl/α,β-unsaturated/α-hetero) is 1. The van der Waals surface area contributed by atoms with Crippen molar-refractivity contribution in [3.05, 3.63) is 32.9 Å². The number of nitrogens with zero attached hydrogens (tertiary/aromatic N) is 1. The molecule has 4 N–H and O–H groups in total. The number of amides is 2. The molecule has 12 heteroatoms. The van der Waals surface area contributed by atoms with Gasteiger partial charge in [-0.15, -0.1) is 0 Å². The molecule has 1 aromatic rings. The molecule has 11 nitrogen and oxygen atoms in total. The fourth-order valence-corrected chi connectivity index (χ4v) is 5.35. The number of ether oxygens (including phenoxy) is 3. The van der Waals surface area contributed by atoms with E-state index in [0.717, 1.165) is 0 Å². The van der Waals surface area contributed by atoms with E-state index in [0.29, 0.717) is 45.7 Å². The second-order valence-corrected chi connectivity index (χ2v) is 11.4. The van der Waals surface area contributed by atoms with Crippen molar-refractivity contribution in [2.24, 2.45) is 0 Å². The fraction of sp³-hybridized carbons (Fsp3) is 0.621. The highest BCUT2D eigenvalue weighted by Gasteiger charge is 2.40. The number of carbonyl (C=O) groups excluding carboxylic acids is 3. The molecule has 0 aromatic heterocycles. The Morgan fingerprint density at radius 1 is 1.17 bits per heavy atom. The first-order chi connectivity index (χ1) is 19.5. The molecule has 0 spiro atoms. The second kappa shape index (κ2) is 17.6. The van der Waals surface area contributed by atoms with Crippen molar-refractivity contribution in [2.45, 2.75) is 83.8 Å². The molecule has 1 aromatic carbocycles. The van der Waals surface area contributed by atoms with Gasteiger partial charge in [0.2, 0.25) is 11.8 Å². The van der Waals surface area contributed by atoms with Gasteiger partial charge in [-0.2, -0.15) is 0 Å². The predicted octanol–water partition coefficient (Wildman–Crippen LogP) is 2.11. The molecule has 3 atom stereocenters. The minimum Gasteiger partial charge on any atom is -0.493 e. The minimum atomic E-state index is -1.20. The number of nitrogens with one attached hydrogen (secondary N) is 1. The van der Waals surface area contributed by atoms with Crippen molar-refractivity contribution in [2.75, 3.05) is 33.4 Å². The number of aliphatic hydroxyl groups excluding tert-OH is 3. The van der Waals surface area contributed by atoms with Gasteiger partial charge in [-0.3, -0.25) is 9.59 Å². The molecule has 0 saturated carbocycles. The molecular weight excluding hydrogens is 647 g/mol. The highest BCUT2D eigenvalue weighted by atomic mass is 127. The van der Waals surface area contributed by atoms with E-state index in [1.165, 1.54) is 20.1 Å². The molecule has 2 amide bonds. The summed E-state index contributed by atoms with van der Waals surface area (Å²) in [5, 5.41) is 33.0. The van der Waals surface area contributed by atoms with Gasteiger partial charge < -0.3 is 44.5 Å². The summed E-state index contributed by atoms with van der Waals surface area (Å²) in [6.07, 6.45) is 0.665. The normalized spacial score (nSPS) is 18.6. The van der Waals surface area contributed by atoms with Crippen molar-refractivity contribution in [3.8, 4) is 11.5 Å².